The Bertz CT molecular complexity index is 470. The van der Waals surface area contributed by atoms with Crippen LogP contribution in [0.1, 0.15) is 25.3 Å². The highest BCUT2D eigenvalue weighted by molar-refractivity contribution is 6.07. The van der Waals surface area contributed by atoms with E-state index < -0.39 is 11.6 Å². The zero-order valence-corrected chi connectivity index (χ0v) is 10.2. The first-order chi connectivity index (χ1) is 8.55. The van der Waals surface area contributed by atoms with Gasteiger partial charge in [0.2, 0.25) is 0 Å². The third kappa shape index (κ3) is 2.30. The second-order valence-electron chi connectivity index (χ2n) is 4.58. The van der Waals surface area contributed by atoms with Gasteiger partial charge in [-0.2, -0.15) is 0 Å². The van der Waals surface area contributed by atoms with Crippen molar-refractivity contribution >= 4 is 11.9 Å². The predicted octanol–water partition coefficient (Wildman–Crippen LogP) is 1.31. The molecule has 1 saturated heterocycles. The normalized spacial score (nSPS) is 22.7. The first kappa shape index (κ1) is 12.4. The second kappa shape index (κ2) is 4.68. The highest BCUT2D eigenvalue weighted by Gasteiger charge is 2.45. The van der Waals surface area contributed by atoms with Gasteiger partial charge in [-0.15, -0.1) is 0 Å². The quantitative estimate of drug-likeness (QED) is 0.703. The van der Waals surface area contributed by atoms with Crippen molar-refractivity contribution in [2.24, 2.45) is 0 Å². The van der Waals surface area contributed by atoms with Gasteiger partial charge in [-0.05, 0) is 24.1 Å². The van der Waals surface area contributed by atoms with Gasteiger partial charge in [0.25, 0.3) is 5.91 Å². The van der Waals surface area contributed by atoms with E-state index in [-0.39, 0.29) is 11.7 Å². The van der Waals surface area contributed by atoms with Crippen molar-refractivity contribution in [3.05, 3.63) is 29.8 Å². The number of phenolic OH excluding ortho intramolecular Hbond substituents is 1. The molecule has 1 heterocycles. The maximum Gasteiger partial charge on any atom is 0.322 e. The van der Waals surface area contributed by atoms with Crippen molar-refractivity contribution in [2.45, 2.75) is 31.7 Å². The highest BCUT2D eigenvalue weighted by Crippen LogP contribution is 2.24. The van der Waals surface area contributed by atoms with Crippen LogP contribution in [-0.4, -0.2) is 22.6 Å². The van der Waals surface area contributed by atoms with Crippen LogP contribution in [0.2, 0.25) is 0 Å². The van der Waals surface area contributed by atoms with Crippen LogP contribution in [0.25, 0.3) is 0 Å². The molecule has 0 spiro atoms. The molecule has 5 heteroatoms. The number of urea groups is 1. The van der Waals surface area contributed by atoms with Crippen LogP contribution >= 0.6 is 0 Å². The zero-order valence-electron chi connectivity index (χ0n) is 10.2. The van der Waals surface area contributed by atoms with Crippen LogP contribution in [-0.2, 0) is 11.2 Å². The Morgan fingerprint density at radius 2 is 1.89 bits per heavy atom. The summed E-state index contributed by atoms with van der Waals surface area (Å²) in [4.78, 5) is 23.2. The molecule has 1 aromatic rings. The van der Waals surface area contributed by atoms with E-state index in [4.69, 9.17) is 0 Å². The van der Waals surface area contributed by atoms with E-state index in [9.17, 15) is 14.7 Å². The molecule has 1 fully saturated rings. The van der Waals surface area contributed by atoms with Gasteiger partial charge in [-0.25, -0.2) is 4.79 Å². The maximum absolute atomic E-state index is 11.9. The van der Waals surface area contributed by atoms with E-state index in [0.717, 1.165) is 12.0 Å². The summed E-state index contributed by atoms with van der Waals surface area (Å²) < 4.78 is 0. The average Bonchev–Trinajstić information content (AvgIpc) is 2.58. The summed E-state index contributed by atoms with van der Waals surface area (Å²) in [5, 5.41) is 14.2. The van der Waals surface area contributed by atoms with E-state index in [0.29, 0.717) is 12.8 Å². The van der Waals surface area contributed by atoms with E-state index in [1.807, 2.05) is 6.92 Å². The van der Waals surface area contributed by atoms with E-state index in [1.165, 1.54) is 0 Å². The van der Waals surface area contributed by atoms with Crippen LogP contribution in [0.15, 0.2) is 24.3 Å². The number of phenols is 1. The number of aromatic hydroxyl groups is 1. The average molecular weight is 248 g/mol. The molecule has 1 unspecified atom stereocenters. The third-order valence-corrected chi connectivity index (χ3v) is 3.13. The van der Waals surface area contributed by atoms with Crippen LogP contribution in [0.5, 0.6) is 5.75 Å². The molecule has 3 N–H and O–H groups in total. The fourth-order valence-corrected chi connectivity index (χ4v) is 2.31. The lowest BCUT2D eigenvalue weighted by atomic mass is 9.86. The summed E-state index contributed by atoms with van der Waals surface area (Å²) in [7, 11) is 0. The number of nitrogens with one attached hydrogen (secondary N) is 2. The number of imide groups is 1. The molecule has 0 aliphatic carbocycles. The van der Waals surface area contributed by atoms with Gasteiger partial charge in [-0.3, -0.25) is 10.1 Å². The molecule has 96 valence electrons. The van der Waals surface area contributed by atoms with Crippen molar-refractivity contribution in [2.75, 3.05) is 0 Å². The summed E-state index contributed by atoms with van der Waals surface area (Å²) in [6.07, 6.45) is 1.82. The van der Waals surface area contributed by atoms with Crippen LogP contribution in [0, 0.1) is 0 Å². The Morgan fingerprint density at radius 1 is 1.22 bits per heavy atom. The topological polar surface area (TPSA) is 78.4 Å². The van der Waals surface area contributed by atoms with Gasteiger partial charge in [0, 0.05) is 6.42 Å². The number of rotatable bonds is 4. The lowest BCUT2D eigenvalue weighted by Crippen LogP contribution is -2.48. The lowest BCUT2D eigenvalue weighted by Gasteiger charge is -2.25. The van der Waals surface area contributed by atoms with Crippen molar-refractivity contribution in [3.63, 3.8) is 0 Å². The summed E-state index contributed by atoms with van der Waals surface area (Å²) in [6, 6.07) is 6.22. The fourth-order valence-electron chi connectivity index (χ4n) is 2.31. The first-order valence-electron chi connectivity index (χ1n) is 5.97. The highest BCUT2D eigenvalue weighted by atomic mass is 16.3. The Balaban J connectivity index is 2.23. The maximum atomic E-state index is 11.9. The number of carbonyl (C=O) groups is 2. The molecule has 0 bridgehead atoms. The summed E-state index contributed by atoms with van der Waals surface area (Å²) in [5.41, 5.74) is 0.0432. The van der Waals surface area contributed by atoms with Gasteiger partial charge in [0.1, 0.15) is 11.3 Å². The Labute approximate surface area is 105 Å². The molecule has 2 rings (SSSR count). The molecule has 3 amide bonds. The molecule has 5 nitrogen and oxygen atoms in total. The fraction of sp³-hybridized carbons (Fsp3) is 0.385. The number of benzene rings is 1. The Kier molecular flexibility index (Phi) is 3.23. The van der Waals surface area contributed by atoms with E-state index in [2.05, 4.69) is 10.6 Å². The van der Waals surface area contributed by atoms with Gasteiger partial charge in [0.15, 0.2) is 0 Å². The monoisotopic (exact) mass is 248 g/mol. The molecule has 1 aromatic carbocycles. The summed E-state index contributed by atoms with van der Waals surface area (Å²) in [6.45, 7) is 1.97. The molecule has 1 atom stereocenters. The zero-order chi connectivity index (χ0) is 13.2. The van der Waals surface area contributed by atoms with Crippen molar-refractivity contribution in [1.29, 1.82) is 0 Å². The first-order valence-corrected chi connectivity index (χ1v) is 5.97. The summed E-state index contributed by atoms with van der Waals surface area (Å²) in [5.74, 6) is -0.0920. The van der Waals surface area contributed by atoms with E-state index >= 15 is 0 Å². The lowest BCUT2D eigenvalue weighted by molar-refractivity contribution is -0.124. The van der Waals surface area contributed by atoms with Crippen molar-refractivity contribution in [3.8, 4) is 5.75 Å². The molecule has 1 aliphatic rings. The van der Waals surface area contributed by atoms with Crippen molar-refractivity contribution < 1.29 is 14.7 Å². The largest absolute Gasteiger partial charge is 0.508 e. The minimum absolute atomic E-state index is 0.184. The third-order valence-electron chi connectivity index (χ3n) is 3.13. The van der Waals surface area contributed by atoms with Gasteiger partial charge in [-0.1, -0.05) is 25.5 Å². The van der Waals surface area contributed by atoms with Crippen LogP contribution in [0.3, 0.4) is 0 Å². The molecule has 0 radical (unpaired) electrons. The summed E-state index contributed by atoms with van der Waals surface area (Å²) >= 11 is 0. The van der Waals surface area contributed by atoms with Gasteiger partial charge >= 0.3 is 6.03 Å². The molecular formula is C13H16N2O3. The van der Waals surface area contributed by atoms with E-state index in [1.54, 1.807) is 24.3 Å². The molecular weight excluding hydrogens is 232 g/mol. The second-order valence-corrected chi connectivity index (χ2v) is 4.58. The van der Waals surface area contributed by atoms with Gasteiger partial charge < -0.3 is 10.4 Å². The standard InChI is InChI=1S/C13H16N2O3/c1-2-7-13(11(17)14-12(18)15-13)8-9-3-5-10(16)6-4-9/h3-6,16H,2,7-8H2,1H3,(H2,14,15,17,18). The van der Waals surface area contributed by atoms with Gasteiger partial charge in [0.05, 0.1) is 0 Å². The predicted molar refractivity (Wildman–Crippen MR) is 66.1 cm³/mol. The molecule has 0 aromatic heterocycles. The molecule has 1 aliphatic heterocycles. The minimum atomic E-state index is -0.858. The molecule has 0 saturated carbocycles. The Morgan fingerprint density at radius 3 is 2.39 bits per heavy atom. The number of amides is 3. The van der Waals surface area contributed by atoms with Crippen molar-refractivity contribution in [1.82, 2.24) is 10.6 Å². The smallest absolute Gasteiger partial charge is 0.322 e. The van der Waals surface area contributed by atoms with Crippen LogP contribution in [0.4, 0.5) is 4.79 Å². The number of hydrogen-bond donors (Lipinski definition) is 3. The minimum Gasteiger partial charge on any atom is -0.508 e. The SMILES string of the molecule is CCCC1(Cc2ccc(O)cc2)NC(=O)NC1=O. The number of carbonyl (C=O) groups excluding carboxylic acids is 2. The Hall–Kier alpha value is -2.04. The van der Waals surface area contributed by atoms with Crippen LogP contribution < -0.4 is 10.6 Å². The molecule has 18 heavy (non-hydrogen) atoms. The number of hydrogen-bond acceptors (Lipinski definition) is 3.